The maximum absolute atomic E-state index is 12.9. The van der Waals surface area contributed by atoms with Gasteiger partial charge in [0.1, 0.15) is 16.6 Å². The van der Waals surface area contributed by atoms with Crippen LogP contribution in [0.4, 0.5) is 8.78 Å². The molecule has 0 saturated heterocycles. The molecule has 94 valence electrons. The van der Waals surface area contributed by atoms with Crippen molar-refractivity contribution in [2.75, 3.05) is 7.11 Å². The van der Waals surface area contributed by atoms with E-state index in [0.29, 0.717) is 0 Å². The summed E-state index contributed by atoms with van der Waals surface area (Å²) in [4.78, 5) is 18.2. The lowest BCUT2D eigenvalue weighted by atomic mass is 9.99. The number of alkyl halides is 2. The van der Waals surface area contributed by atoms with Gasteiger partial charge in [-0.2, -0.15) is 0 Å². The Balaban J connectivity index is 3.10. The van der Waals surface area contributed by atoms with E-state index in [-0.39, 0.29) is 15.9 Å². The fraction of sp³-hybridized carbons (Fsp3) is 0.444. The highest BCUT2D eigenvalue weighted by molar-refractivity contribution is 6.34. The Hall–Kier alpha value is -1.01. The molecule has 0 amide bonds. The quantitative estimate of drug-likeness (QED) is 0.630. The van der Waals surface area contributed by atoms with Crippen LogP contribution in [0.5, 0.6) is 0 Å². The highest BCUT2D eigenvalue weighted by atomic mass is 35.5. The topological polar surface area (TPSA) is 52.1 Å². The van der Waals surface area contributed by atoms with Crippen molar-refractivity contribution in [2.24, 2.45) is 0 Å². The van der Waals surface area contributed by atoms with Crippen molar-refractivity contribution in [3.63, 3.8) is 0 Å². The van der Waals surface area contributed by atoms with E-state index in [1.54, 1.807) is 0 Å². The van der Waals surface area contributed by atoms with Crippen LogP contribution in [0, 0.1) is 0 Å². The van der Waals surface area contributed by atoms with Gasteiger partial charge in [0.15, 0.2) is 0 Å². The van der Waals surface area contributed by atoms with Crippen molar-refractivity contribution in [1.82, 2.24) is 9.97 Å². The summed E-state index contributed by atoms with van der Waals surface area (Å²) >= 11 is 11.3. The minimum atomic E-state index is -2.82. The van der Waals surface area contributed by atoms with Crippen molar-refractivity contribution in [2.45, 2.75) is 18.8 Å². The molecule has 0 saturated carbocycles. The zero-order valence-electron chi connectivity index (χ0n) is 8.66. The van der Waals surface area contributed by atoms with Gasteiger partial charge in [-0.05, 0) is 0 Å². The zero-order chi connectivity index (χ0) is 13.0. The molecule has 1 rings (SSSR count). The van der Waals surface area contributed by atoms with Crippen LogP contribution in [0.2, 0.25) is 10.3 Å². The second-order valence-electron chi connectivity index (χ2n) is 3.09. The molecule has 0 aromatic carbocycles. The molecule has 0 spiro atoms. The summed E-state index contributed by atoms with van der Waals surface area (Å²) in [6.45, 7) is 0. The second-order valence-corrected chi connectivity index (χ2v) is 3.81. The lowest BCUT2D eigenvalue weighted by molar-refractivity contribution is -0.142. The van der Waals surface area contributed by atoms with E-state index in [0.717, 1.165) is 13.4 Å². The summed E-state index contributed by atoms with van der Waals surface area (Å²) < 4.78 is 30.1. The normalized spacial score (nSPS) is 12.6. The summed E-state index contributed by atoms with van der Waals surface area (Å²) in [6, 6.07) is 0. The number of halogens is 4. The van der Waals surface area contributed by atoms with E-state index < -0.39 is 24.7 Å². The SMILES string of the molecule is COC(=O)CC(c1c(Cl)ncnc1Cl)C(F)F. The number of nitrogens with zero attached hydrogens (tertiary/aromatic N) is 2. The third-order valence-electron chi connectivity index (χ3n) is 2.08. The third-order valence-corrected chi connectivity index (χ3v) is 2.68. The second kappa shape index (κ2) is 6.07. The van der Waals surface area contributed by atoms with Crippen molar-refractivity contribution in [1.29, 1.82) is 0 Å². The Labute approximate surface area is 106 Å². The Morgan fingerprint density at radius 2 is 1.94 bits per heavy atom. The van der Waals surface area contributed by atoms with Gasteiger partial charge >= 0.3 is 5.97 Å². The number of ether oxygens (including phenoxy) is 1. The average Bonchev–Trinajstić information content (AvgIpc) is 2.26. The van der Waals surface area contributed by atoms with Crippen molar-refractivity contribution >= 4 is 29.2 Å². The maximum atomic E-state index is 12.9. The first-order valence-corrected chi connectivity index (χ1v) is 5.23. The van der Waals surface area contributed by atoms with Crippen LogP contribution in [0.25, 0.3) is 0 Å². The first-order chi connectivity index (χ1) is 7.97. The van der Waals surface area contributed by atoms with Gasteiger partial charge in [-0.1, -0.05) is 23.2 Å². The molecular weight excluding hydrogens is 277 g/mol. The predicted octanol–water partition coefficient (Wildman–Crippen LogP) is 2.70. The van der Waals surface area contributed by atoms with Crippen LogP contribution in [0.1, 0.15) is 17.9 Å². The fourth-order valence-electron chi connectivity index (χ4n) is 1.24. The van der Waals surface area contributed by atoms with E-state index in [1.807, 2.05) is 0 Å². The predicted molar refractivity (Wildman–Crippen MR) is 57.4 cm³/mol. The highest BCUT2D eigenvalue weighted by Gasteiger charge is 2.30. The lowest BCUT2D eigenvalue weighted by Crippen LogP contribution is -2.17. The Bertz CT molecular complexity index is 398. The van der Waals surface area contributed by atoms with Gasteiger partial charge in [0.2, 0.25) is 6.43 Å². The summed E-state index contributed by atoms with van der Waals surface area (Å²) in [7, 11) is 1.11. The molecule has 1 aromatic rings. The molecule has 8 heteroatoms. The molecule has 0 fully saturated rings. The van der Waals surface area contributed by atoms with Gasteiger partial charge in [0.05, 0.1) is 19.4 Å². The monoisotopic (exact) mass is 284 g/mol. The third kappa shape index (κ3) is 3.47. The van der Waals surface area contributed by atoms with Crippen LogP contribution in [0.3, 0.4) is 0 Å². The van der Waals surface area contributed by atoms with Gasteiger partial charge in [0, 0.05) is 5.56 Å². The minimum absolute atomic E-state index is 0.142. The molecule has 4 nitrogen and oxygen atoms in total. The maximum Gasteiger partial charge on any atom is 0.306 e. The van der Waals surface area contributed by atoms with Crippen LogP contribution in [-0.2, 0) is 9.53 Å². The molecule has 1 aromatic heterocycles. The standard InChI is InChI=1S/C9H8Cl2F2N2O2/c1-17-5(16)2-4(9(12)13)6-7(10)14-3-15-8(6)11/h3-4,9H,2H2,1H3. The number of rotatable bonds is 4. The van der Waals surface area contributed by atoms with Crippen molar-refractivity contribution in [3.8, 4) is 0 Å². The summed E-state index contributed by atoms with van der Waals surface area (Å²) in [5.74, 6) is -2.27. The Morgan fingerprint density at radius 3 is 2.35 bits per heavy atom. The highest BCUT2D eigenvalue weighted by Crippen LogP contribution is 2.35. The molecule has 1 heterocycles. The molecule has 0 aliphatic heterocycles. The van der Waals surface area contributed by atoms with Crippen LogP contribution in [0.15, 0.2) is 6.33 Å². The van der Waals surface area contributed by atoms with Gasteiger partial charge in [-0.25, -0.2) is 18.7 Å². The number of hydrogen-bond donors (Lipinski definition) is 0. The molecule has 17 heavy (non-hydrogen) atoms. The summed E-state index contributed by atoms with van der Waals surface area (Å²) in [5.41, 5.74) is -0.142. The van der Waals surface area contributed by atoms with Crippen LogP contribution in [-0.4, -0.2) is 29.5 Å². The number of aromatic nitrogens is 2. The smallest absolute Gasteiger partial charge is 0.306 e. The average molecular weight is 285 g/mol. The molecular formula is C9H8Cl2F2N2O2. The molecule has 0 aliphatic carbocycles. The molecule has 0 aliphatic rings. The van der Waals surface area contributed by atoms with Gasteiger partial charge in [-0.3, -0.25) is 4.79 Å². The minimum Gasteiger partial charge on any atom is -0.469 e. The zero-order valence-corrected chi connectivity index (χ0v) is 10.2. The van der Waals surface area contributed by atoms with E-state index in [9.17, 15) is 13.6 Å². The van der Waals surface area contributed by atoms with Gasteiger partial charge in [0.25, 0.3) is 0 Å². The number of esters is 1. The van der Waals surface area contributed by atoms with Crippen molar-refractivity contribution < 1.29 is 18.3 Å². The number of hydrogen-bond acceptors (Lipinski definition) is 4. The van der Waals surface area contributed by atoms with Gasteiger partial charge < -0.3 is 4.74 Å². The van der Waals surface area contributed by atoms with E-state index in [1.165, 1.54) is 0 Å². The number of carbonyl (C=O) groups is 1. The molecule has 1 unspecified atom stereocenters. The van der Waals surface area contributed by atoms with Crippen molar-refractivity contribution in [3.05, 3.63) is 22.2 Å². The largest absolute Gasteiger partial charge is 0.469 e. The van der Waals surface area contributed by atoms with Crippen LogP contribution >= 0.6 is 23.2 Å². The fourth-order valence-corrected chi connectivity index (χ4v) is 1.84. The lowest BCUT2D eigenvalue weighted by Gasteiger charge is -2.16. The number of carbonyl (C=O) groups excluding carboxylic acids is 1. The summed E-state index contributed by atoms with van der Waals surface area (Å²) in [6.07, 6.45) is -2.31. The summed E-state index contributed by atoms with van der Waals surface area (Å²) in [5, 5.41) is -0.390. The van der Waals surface area contributed by atoms with E-state index in [2.05, 4.69) is 14.7 Å². The van der Waals surface area contributed by atoms with E-state index >= 15 is 0 Å². The molecule has 0 bridgehead atoms. The molecule has 1 atom stereocenters. The molecule has 0 radical (unpaired) electrons. The van der Waals surface area contributed by atoms with Crippen LogP contribution < -0.4 is 0 Å². The first-order valence-electron chi connectivity index (χ1n) is 4.48. The van der Waals surface area contributed by atoms with E-state index in [4.69, 9.17) is 23.2 Å². The first kappa shape index (κ1) is 14.1. The Kier molecular flexibility index (Phi) is 5.02. The Morgan fingerprint density at radius 1 is 1.41 bits per heavy atom. The molecule has 0 N–H and O–H groups in total. The van der Waals surface area contributed by atoms with Gasteiger partial charge in [-0.15, -0.1) is 0 Å². The number of methoxy groups -OCH3 is 1.